The quantitative estimate of drug-likeness (QED) is 0.583. The number of benzene rings is 1. The first-order chi connectivity index (χ1) is 7.55. The fraction of sp³-hybridized carbons (Fsp3) is 0.455. The molecule has 1 aromatic carbocycles. The summed E-state index contributed by atoms with van der Waals surface area (Å²) in [5.74, 6) is 0. The van der Waals surface area contributed by atoms with Gasteiger partial charge in [-0.15, -0.1) is 0 Å². The number of rotatable bonds is 6. The van der Waals surface area contributed by atoms with Crippen LogP contribution in [0.1, 0.15) is 26.2 Å². The van der Waals surface area contributed by atoms with E-state index < -0.39 is 9.24 Å². The Morgan fingerprint density at radius 3 is 2.31 bits per heavy atom. The zero-order valence-electron chi connectivity index (χ0n) is 9.27. The highest BCUT2D eigenvalue weighted by Gasteiger charge is 2.18. The molecule has 0 saturated heterocycles. The molecule has 1 rings (SSSR count). The second kappa shape index (κ2) is 6.11. The van der Waals surface area contributed by atoms with Crippen molar-refractivity contribution >= 4 is 25.6 Å². The molecule has 0 bridgehead atoms. The van der Waals surface area contributed by atoms with E-state index in [-0.39, 0.29) is 0 Å². The fourth-order valence-corrected chi connectivity index (χ4v) is 2.63. The number of anilines is 1. The van der Waals surface area contributed by atoms with Crippen molar-refractivity contribution in [2.75, 3.05) is 10.8 Å². The van der Waals surface area contributed by atoms with Gasteiger partial charge in [0.1, 0.15) is 0 Å². The third-order valence-electron chi connectivity index (χ3n) is 2.27. The van der Waals surface area contributed by atoms with Crippen LogP contribution >= 0.6 is 10.7 Å². The molecular weight excluding hydrogens is 246 g/mol. The molecule has 5 heteroatoms. The van der Waals surface area contributed by atoms with Crippen LogP contribution in [0.2, 0.25) is 0 Å². The Kier molecular flexibility index (Phi) is 5.09. The third-order valence-corrected chi connectivity index (χ3v) is 3.69. The zero-order valence-corrected chi connectivity index (χ0v) is 10.8. The van der Waals surface area contributed by atoms with Gasteiger partial charge in [-0.1, -0.05) is 38.0 Å². The van der Waals surface area contributed by atoms with E-state index in [2.05, 4.69) is 6.92 Å². The molecular formula is C11H16ClNO2S. The summed E-state index contributed by atoms with van der Waals surface area (Å²) in [6, 6.07) is 8.92. The fourth-order valence-electron chi connectivity index (χ4n) is 1.46. The minimum absolute atomic E-state index is 0.434. The normalized spacial score (nSPS) is 11.4. The number of unbranched alkanes of at least 4 members (excludes halogenated alkanes) is 2. The smallest absolute Gasteiger partial charge is 0.258 e. The molecule has 0 unspecified atom stereocenters. The van der Waals surface area contributed by atoms with Gasteiger partial charge in [0, 0.05) is 17.2 Å². The van der Waals surface area contributed by atoms with E-state index in [9.17, 15) is 8.42 Å². The van der Waals surface area contributed by atoms with Crippen molar-refractivity contribution in [2.45, 2.75) is 26.2 Å². The highest BCUT2D eigenvalue weighted by atomic mass is 35.7. The summed E-state index contributed by atoms with van der Waals surface area (Å²) < 4.78 is 24.1. The average Bonchev–Trinajstić information content (AvgIpc) is 2.24. The number of para-hydroxylation sites is 1. The molecule has 0 spiro atoms. The number of hydrogen-bond acceptors (Lipinski definition) is 2. The molecule has 0 amide bonds. The summed E-state index contributed by atoms with van der Waals surface area (Å²) in [7, 11) is 1.72. The van der Waals surface area contributed by atoms with Crippen LogP contribution in [0.25, 0.3) is 0 Å². The molecule has 0 aliphatic carbocycles. The zero-order chi connectivity index (χ0) is 12.0. The van der Waals surface area contributed by atoms with E-state index in [1.165, 1.54) is 4.31 Å². The molecule has 1 aromatic rings. The van der Waals surface area contributed by atoms with Gasteiger partial charge in [-0.25, -0.2) is 0 Å². The van der Waals surface area contributed by atoms with Crippen LogP contribution in [0.3, 0.4) is 0 Å². The minimum Gasteiger partial charge on any atom is -0.258 e. The SMILES string of the molecule is CCCCCN(c1ccccc1)S(=O)(=O)Cl. The van der Waals surface area contributed by atoms with Crippen LogP contribution in [0.15, 0.2) is 30.3 Å². The van der Waals surface area contributed by atoms with E-state index >= 15 is 0 Å². The lowest BCUT2D eigenvalue weighted by atomic mass is 10.2. The maximum Gasteiger partial charge on any atom is 0.321 e. The summed E-state index contributed by atoms with van der Waals surface area (Å²) in [4.78, 5) is 0. The summed E-state index contributed by atoms with van der Waals surface area (Å²) in [6.45, 7) is 2.51. The predicted molar refractivity (Wildman–Crippen MR) is 68.1 cm³/mol. The molecule has 0 radical (unpaired) electrons. The molecule has 0 atom stereocenters. The molecule has 90 valence electrons. The van der Waals surface area contributed by atoms with Gasteiger partial charge in [-0.3, -0.25) is 4.31 Å². The van der Waals surface area contributed by atoms with Crippen LogP contribution in [-0.4, -0.2) is 15.0 Å². The molecule has 0 fully saturated rings. The lowest BCUT2D eigenvalue weighted by Crippen LogP contribution is -2.27. The Morgan fingerprint density at radius 1 is 1.19 bits per heavy atom. The van der Waals surface area contributed by atoms with Crippen molar-refractivity contribution in [3.63, 3.8) is 0 Å². The van der Waals surface area contributed by atoms with Gasteiger partial charge in [0.2, 0.25) is 0 Å². The van der Waals surface area contributed by atoms with Crippen molar-refractivity contribution in [1.82, 2.24) is 0 Å². The lowest BCUT2D eigenvalue weighted by molar-refractivity contribution is 0.601. The Labute approximate surface area is 102 Å². The largest absolute Gasteiger partial charge is 0.321 e. The van der Waals surface area contributed by atoms with Gasteiger partial charge < -0.3 is 0 Å². The standard InChI is InChI=1S/C11H16ClNO2S/c1-2-3-7-10-13(16(12,14)15)11-8-5-4-6-9-11/h4-6,8-9H,2-3,7,10H2,1H3. The van der Waals surface area contributed by atoms with E-state index in [0.29, 0.717) is 12.2 Å². The van der Waals surface area contributed by atoms with E-state index in [1.807, 2.05) is 6.07 Å². The summed E-state index contributed by atoms with van der Waals surface area (Å²) in [5, 5.41) is 0. The van der Waals surface area contributed by atoms with E-state index in [1.54, 1.807) is 24.3 Å². The molecule has 16 heavy (non-hydrogen) atoms. The third kappa shape index (κ3) is 4.02. The number of hydrogen-bond donors (Lipinski definition) is 0. The predicted octanol–water partition coefficient (Wildman–Crippen LogP) is 3.17. The van der Waals surface area contributed by atoms with E-state index in [4.69, 9.17) is 10.7 Å². The first kappa shape index (κ1) is 13.3. The average molecular weight is 262 g/mol. The van der Waals surface area contributed by atoms with Crippen molar-refractivity contribution in [3.05, 3.63) is 30.3 Å². The lowest BCUT2D eigenvalue weighted by Gasteiger charge is -2.20. The van der Waals surface area contributed by atoms with E-state index in [0.717, 1.165) is 19.3 Å². The monoisotopic (exact) mass is 261 g/mol. The van der Waals surface area contributed by atoms with Crippen LogP contribution in [0.5, 0.6) is 0 Å². The summed E-state index contributed by atoms with van der Waals surface area (Å²) in [5.41, 5.74) is 0.619. The Morgan fingerprint density at radius 2 is 1.81 bits per heavy atom. The molecule has 0 aliphatic heterocycles. The van der Waals surface area contributed by atoms with Crippen molar-refractivity contribution in [2.24, 2.45) is 0 Å². The van der Waals surface area contributed by atoms with Crippen LogP contribution in [0.4, 0.5) is 5.69 Å². The highest BCUT2D eigenvalue weighted by Crippen LogP contribution is 2.20. The topological polar surface area (TPSA) is 37.4 Å². The van der Waals surface area contributed by atoms with Crippen LogP contribution in [0, 0.1) is 0 Å². The molecule has 0 aromatic heterocycles. The molecule has 0 saturated carbocycles. The number of nitrogens with zero attached hydrogens (tertiary/aromatic N) is 1. The van der Waals surface area contributed by atoms with Gasteiger partial charge in [0.25, 0.3) is 0 Å². The summed E-state index contributed by atoms with van der Waals surface area (Å²) in [6.07, 6.45) is 2.86. The van der Waals surface area contributed by atoms with Crippen LogP contribution < -0.4 is 4.31 Å². The first-order valence-electron chi connectivity index (χ1n) is 5.33. The Balaban J connectivity index is 2.81. The maximum absolute atomic E-state index is 11.4. The van der Waals surface area contributed by atoms with Gasteiger partial charge in [0.05, 0.1) is 5.69 Å². The van der Waals surface area contributed by atoms with Gasteiger partial charge >= 0.3 is 9.24 Å². The first-order valence-corrected chi connectivity index (χ1v) is 7.59. The molecule has 3 nitrogen and oxygen atoms in total. The van der Waals surface area contributed by atoms with Gasteiger partial charge in [-0.2, -0.15) is 8.42 Å². The molecule has 0 N–H and O–H groups in total. The Bertz CT molecular complexity index is 405. The second-order valence-corrected chi connectivity index (χ2v) is 5.99. The summed E-state index contributed by atoms with van der Waals surface area (Å²) >= 11 is 0. The molecule has 0 heterocycles. The maximum atomic E-state index is 11.4. The Hall–Kier alpha value is -0.740. The van der Waals surface area contributed by atoms with Crippen molar-refractivity contribution in [1.29, 1.82) is 0 Å². The molecule has 0 aliphatic rings. The highest BCUT2D eigenvalue weighted by molar-refractivity contribution is 8.14. The second-order valence-electron chi connectivity index (χ2n) is 3.56. The van der Waals surface area contributed by atoms with Crippen molar-refractivity contribution in [3.8, 4) is 0 Å². The van der Waals surface area contributed by atoms with Gasteiger partial charge in [-0.05, 0) is 18.6 Å². The van der Waals surface area contributed by atoms with Crippen molar-refractivity contribution < 1.29 is 8.42 Å². The van der Waals surface area contributed by atoms with Gasteiger partial charge in [0.15, 0.2) is 0 Å². The van der Waals surface area contributed by atoms with Crippen LogP contribution in [-0.2, 0) is 9.24 Å². The minimum atomic E-state index is -3.69. The number of halogens is 1.